The minimum absolute atomic E-state index is 0.142. The molecule has 0 aromatic heterocycles. The zero-order valence-electron chi connectivity index (χ0n) is 49.2. The Labute approximate surface area is 524 Å². The van der Waals surface area contributed by atoms with Gasteiger partial charge in [-0.05, 0) is 205 Å². The summed E-state index contributed by atoms with van der Waals surface area (Å²) in [5, 5.41) is 4.84. The summed E-state index contributed by atoms with van der Waals surface area (Å²) in [4.78, 5) is 5.27. The van der Waals surface area contributed by atoms with Crippen molar-refractivity contribution in [2.24, 2.45) is 0 Å². The van der Waals surface area contributed by atoms with Crippen molar-refractivity contribution >= 4 is 78.8 Å². The van der Waals surface area contributed by atoms with Crippen molar-refractivity contribution in [2.45, 2.75) is 5.41 Å². The molecule has 2 aliphatic carbocycles. The Kier molecular flexibility index (Phi) is 11.1. The fraction of sp³-hybridized carbons (Fsp3) is 0.0115. The molecule has 0 radical (unpaired) electrons. The Hall–Kier alpha value is -11.5. The van der Waals surface area contributed by atoms with Gasteiger partial charge >= 0.3 is 0 Å². The second-order valence-corrected chi connectivity index (χ2v) is 24.7. The second kappa shape index (κ2) is 19.8. The first-order valence-corrected chi connectivity index (χ1v) is 31.4. The Morgan fingerprint density at radius 1 is 0.211 bits per heavy atom. The van der Waals surface area contributed by atoms with Crippen LogP contribution >= 0.6 is 0 Å². The van der Waals surface area contributed by atoms with Crippen LogP contribution in [-0.4, -0.2) is 6.71 Å². The van der Waals surface area contributed by atoms with E-state index >= 15 is 0 Å². The lowest BCUT2D eigenvalue weighted by Crippen LogP contribution is -2.61. The Morgan fingerprint density at radius 2 is 0.533 bits per heavy atom. The number of hydrogen-bond acceptors (Lipinski definition) is 2. The van der Waals surface area contributed by atoms with E-state index in [0.717, 1.165) is 56.1 Å². The lowest BCUT2D eigenvalue weighted by Gasteiger charge is -2.45. The summed E-state index contributed by atoms with van der Waals surface area (Å²) in [5.74, 6) is 0. The summed E-state index contributed by atoms with van der Waals surface area (Å²) in [5.41, 5.74) is 32.3. The first-order valence-electron chi connectivity index (χ1n) is 31.4. The molecule has 3 heteroatoms. The standard InChI is InChI=1S/C87H55BN2/c1-5-23-56(24-6-1)65-43-66(57-25-7-2-8-26-57)46-70(45-65)89-82-52-62-33-15-13-31-60(62)50-80(82)88-81-51-61-32-14-16-34-63(61)53-83(81)90(71-47-67(58-27-9-3-10-28-58)44-68(48-71)59-29-11-4-12-30-59)85-55-69(54-84(89)86(85)88)64-41-42-75-74-37-19-22-40-78(74)87(79(75)49-64)76-38-20-17-35-72(76)73-36-18-21-39-77(73)87/h1-55H. The highest BCUT2D eigenvalue weighted by molar-refractivity contribution is 7.00. The third-order valence-electron chi connectivity index (χ3n) is 19.9. The quantitative estimate of drug-likeness (QED) is 0.147. The molecule has 90 heavy (non-hydrogen) atoms. The van der Waals surface area contributed by atoms with Crippen molar-refractivity contribution in [3.63, 3.8) is 0 Å². The minimum Gasteiger partial charge on any atom is -0.311 e. The van der Waals surface area contributed by atoms with Gasteiger partial charge in [0, 0.05) is 34.1 Å². The molecule has 0 amide bonds. The molecular formula is C87H55BN2. The number of benzene rings is 15. The van der Waals surface area contributed by atoms with Crippen LogP contribution in [0.4, 0.5) is 34.1 Å². The maximum Gasteiger partial charge on any atom is 0.252 e. The SMILES string of the molecule is c1ccc(-c2cc(-c3ccccc3)cc(N3c4cc5ccccc5cc4B4c5cc6ccccc6cc5N(c5cc(-c6ccccc6)cc(-c6ccccc6)c5)c5cc(-c6ccc7c(c6)C6(c8ccccc8-c8ccccc86)c6ccccc6-7)cc3c54)c2)cc1. The van der Waals surface area contributed by atoms with E-state index in [4.69, 9.17) is 0 Å². The van der Waals surface area contributed by atoms with Crippen molar-refractivity contribution in [1.29, 1.82) is 0 Å². The van der Waals surface area contributed by atoms with Crippen molar-refractivity contribution in [3.05, 3.63) is 356 Å². The molecule has 0 saturated heterocycles. The minimum atomic E-state index is -0.516. The summed E-state index contributed by atoms with van der Waals surface area (Å²) in [6.07, 6.45) is 0. The van der Waals surface area contributed by atoms with Crippen LogP contribution in [0.25, 0.3) is 99.4 Å². The smallest absolute Gasteiger partial charge is 0.252 e. The molecule has 1 spiro atoms. The van der Waals surface area contributed by atoms with Gasteiger partial charge in [0.05, 0.1) is 5.41 Å². The van der Waals surface area contributed by atoms with E-state index in [0.29, 0.717) is 0 Å². The predicted molar refractivity (Wildman–Crippen MR) is 379 cm³/mol. The summed E-state index contributed by atoms with van der Waals surface area (Å²) in [7, 11) is 0. The molecule has 15 aromatic rings. The van der Waals surface area contributed by atoms with Gasteiger partial charge in [0.1, 0.15) is 0 Å². The molecule has 15 aromatic carbocycles. The Morgan fingerprint density at radius 3 is 0.922 bits per heavy atom. The molecule has 0 fully saturated rings. The lowest BCUT2D eigenvalue weighted by atomic mass is 9.33. The summed E-state index contributed by atoms with van der Waals surface area (Å²) < 4.78 is 0. The maximum atomic E-state index is 2.63. The molecule has 0 bridgehead atoms. The van der Waals surface area contributed by atoms with Gasteiger partial charge in [-0.15, -0.1) is 0 Å². The lowest BCUT2D eigenvalue weighted by molar-refractivity contribution is 0.794. The molecule has 0 atom stereocenters. The molecule has 4 aliphatic rings. The first kappa shape index (κ1) is 50.6. The van der Waals surface area contributed by atoms with Crippen LogP contribution in [0.2, 0.25) is 0 Å². The van der Waals surface area contributed by atoms with Crippen molar-refractivity contribution in [3.8, 4) is 77.9 Å². The van der Waals surface area contributed by atoms with Crippen LogP contribution in [0.1, 0.15) is 22.3 Å². The van der Waals surface area contributed by atoms with E-state index in [1.54, 1.807) is 0 Å². The normalized spacial score (nSPS) is 13.4. The predicted octanol–water partition coefficient (Wildman–Crippen LogP) is 20.8. The van der Waals surface area contributed by atoms with Gasteiger partial charge in [-0.25, -0.2) is 0 Å². The highest BCUT2D eigenvalue weighted by atomic mass is 15.2. The Bertz CT molecular complexity index is 5020. The molecule has 0 saturated carbocycles. The zero-order valence-corrected chi connectivity index (χ0v) is 49.2. The van der Waals surface area contributed by atoms with E-state index in [1.807, 2.05) is 0 Å². The summed E-state index contributed by atoms with van der Waals surface area (Å²) in [6, 6.07) is 126. The average molecular weight is 1140 g/mol. The summed E-state index contributed by atoms with van der Waals surface area (Å²) in [6.45, 7) is -0.142. The van der Waals surface area contributed by atoms with Crippen LogP contribution in [-0.2, 0) is 5.41 Å². The van der Waals surface area contributed by atoms with Gasteiger partial charge < -0.3 is 9.80 Å². The first-order chi connectivity index (χ1) is 44.6. The molecule has 19 rings (SSSR count). The van der Waals surface area contributed by atoms with Crippen molar-refractivity contribution in [2.75, 3.05) is 9.80 Å². The molecule has 0 unspecified atom stereocenters. The van der Waals surface area contributed by atoms with Crippen molar-refractivity contribution < 1.29 is 0 Å². The van der Waals surface area contributed by atoms with E-state index < -0.39 is 5.41 Å². The van der Waals surface area contributed by atoms with Crippen LogP contribution in [0, 0.1) is 0 Å². The van der Waals surface area contributed by atoms with E-state index in [2.05, 4.69) is 343 Å². The van der Waals surface area contributed by atoms with Crippen molar-refractivity contribution in [1.82, 2.24) is 0 Å². The van der Waals surface area contributed by atoms with E-state index in [-0.39, 0.29) is 6.71 Å². The number of fused-ring (bicyclic) bond motifs is 16. The maximum absolute atomic E-state index is 2.63. The molecule has 416 valence electrons. The van der Waals surface area contributed by atoms with Gasteiger partial charge in [-0.3, -0.25) is 0 Å². The molecule has 2 nitrogen and oxygen atoms in total. The number of hydrogen-bond donors (Lipinski definition) is 0. The van der Waals surface area contributed by atoms with Crippen LogP contribution in [0.5, 0.6) is 0 Å². The third kappa shape index (κ3) is 7.54. The number of nitrogens with zero attached hydrogens (tertiary/aromatic N) is 2. The van der Waals surface area contributed by atoms with Gasteiger partial charge in [0.25, 0.3) is 6.71 Å². The van der Waals surface area contributed by atoms with Crippen LogP contribution in [0.15, 0.2) is 334 Å². The van der Waals surface area contributed by atoms with E-state index in [1.165, 1.54) is 116 Å². The topological polar surface area (TPSA) is 6.48 Å². The van der Waals surface area contributed by atoms with Gasteiger partial charge in [-0.1, -0.05) is 267 Å². The fourth-order valence-electron chi connectivity index (χ4n) is 16.0. The molecule has 0 N–H and O–H groups in total. The van der Waals surface area contributed by atoms with Gasteiger partial charge in [0.15, 0.2) is 0 Å². The summed E-state index contributed by atoms with van der Waals surface area (Å²) >= 11 is 0. The van der Waals surface area contributed by atoms with Gasteiger partial charge in [0.2, 0.25) is 0 Å². The average Bonchev–Trinajstić information content (AvgIpc) is 1.37. The zero-order chi connectivity index (χ0) is 59.0. The van der Waals surface area contributed by atoms with Crippen LogP contribution < -0.4 is 26.2 Å². The monoisotopic (exact) mass is 1140 g/mol. The number of rotatable bonds is 7. The van der Waals surface area contributed by atoms with Gasteiger partial charge in [-0.2, -0.15) is 0 Å². The number of anilines is 6. The van der Waals surface area contributed by atoms with E-state index in [9.17, 15) is 0 Å². The highest BCUT2D eigenvalue weighted by Gasteiger charge is 2.52. The largest absolute Gasteiger partial charge is 0.311 e. The second-order valence-electron chi connectivity index (χ2n) is 24.7. The Balaban J connectivity index is 0.954. The molecular weight excluding hydrogens is 1080 g/mol. The fourth-order valence-corrected chi connectivity index (χ4v) is 16.0. The molecule has 2 heterocycles. The third-order valence-corrected chi connectivity index (χ3v) is 19.9. The highest BCUT2D eigenvalue weighted by Crippen LogP contribution is 2.63. The van der Waals surface area contributed by atoms with Crippen LogP contribution in [0.3, 0.4) is 0 Å². The molecule has 2 aliphatic heterocycles.